The van der Waals surface area contributed by atoms with E-state index in [4.69, 9.17) is 0 Å². The first-order chi connectivity index (χ1) is 5.24. The van der Waals surface area contributed by atoms with Crippen LogP contribution < -0.4 is 0 Å². The summed E-state index contributed by atoms with van der Waals surface area (Å²) in [6.07, 6.45) is 5.28. The predicted molar refractivity (Wildman–Crippen MR) is 56.3 cm³/mol. The van der Waals surface area contributed by atoms with E-state index in [0.29, 0.717) is 11.3 Å². The molecule has 64 valence electrons. The van der Waals surface area contributed by atoms with Crippen molar-refractivity contribution in [2.45, 2.75) is 30.6 Å². The second-order valence-corrected chi connectivity index (χ2v) is 4.26. The summed E-state index contributed by atoms with van der Waals surface area (Å²) >= 11 is 8.84. The van der Waals surface area contributed by atoms with E-state index in [1.165, 1.54) is 0 Å². The summed E-state index contributed by atoms with van der Waals surface area (Å²) in [7, 11) is 0. The van der Waals surface area contributed by atoms with Gasteiger partial charge in [-0.25, -0.2) is 4.31 Å². The number of thiol groups is 2. The van der Waals surface area contributed by atoms with Crippen LogP contribution in [0, 0.1) is 0 Å². The smallest absolute Gasteiger partial charge is 0.0245 e. The summed E-state index contributed by atoms with van der Waals surface area (Å²) in [6, 6.07) is 0.548. The third-order valence-electron chi connectivity index (χ3n) is 2.10. The van der Waals surface area contributed by atoms with Gasteiger partial charge in [0.2, 0.25) is 0 Å². The molecule has 1 saturated heterocycles. The monoisotopic (exact) mass is 189 g/mol. The number of hydrogen-bond acceptors (Lipinski definition) is 3. The Morgan fingerprint density at radius 3 is 3.00 bits per heavy atom. The molecule has 0 radical (unpaired) electrons. The molecule has 2 unspecified atom stereocenters. The van der Waals surface area contributed by atoms with Crippen LogP contribution in [0.1, 0.15) is 19.3 Å². The Morgan fingerprint density at radius 1 is 1.64 bits per heavy atom. The first-order valence-corrected chi connectivity index (χ1v) is 4.90. The van der Waals surface area contributed by atoms with Gasteiger partial charge >= 0.3 is 0 Å². The van der Waals surface area contributed by atoms with E-state index in [-0.39, 0.29) is 0 Å². The average molecular weight is 189 g/mol. The Kier molecular flexibility index (Phi) is 3.82. The number of rotatable bonds is 2. The van der Waals surface area contributed by atoms with Gasteiger partial charge in [-0.3, -0.25) is 0 Å². The van der Waals surface area contributed by atoms with Gasteiger partial charge in [0.25, 0.3) is 0 Å². The van der Waals surface area contributed by atoms with Crippen LogP contribution in [0.3, 0.4) is 0 Å². The lowest BCUT2D eigenvalue weighted by Crippen LogP contribution is -2.36. The minimum absolute atomic E-state index is 0.548. The van der Waals surface area contributed by atoms with Crippen molar-refractivity contribution >= 4 is 25.4 Å². The zero-order valence-electron chi connectivity index (χ0n) is 6.61. The van der Waals surface area contributed by atoms with Crippen molar-refractivity contribution in [1.29, 1.82) is 0 Å². The molecule has 2 atom stereocenters. The topological polar surface area (TPSA) is 3.24 Å². The third kappa shape index (κ3) is 2.73. The van der Waals surface area contributed by atoms with Crippen molar-refractivity contribution < 1.29 is 0 Å². The van der Waals surface area contributed by atoms with Gasteiger partial charge in [0, 0.05) is 17.8 Å². The van der Waals surface area contributed by atoms with Crippen molar-refractivity contribution in [3.63, 3.8) is 0 Å². The highest BCUT2D eigenvalue weighted by atomic mass is 32.1. The summed E-state index contributed by atoms with van der Waals surface area (Å²) in [6.45, 7) is 4.78. The number of hydrogen-bond donors (Lipinski definition) is 2. The van der Waals surface area contributed by atoms with E-state index in [0.717, 1.165) is 25.8 Å². The molecule has 1 heterocycles. The van der Waals surface area contributed by atoms with Gasteiger partial charge in [-0.2, -0.15) is 12.6 Å². The van der Waals surface area contributed by atoms with Gasteiger partial charge in [0.1, 0.15) is 0 Å². The van der Waals surface area contributed by atoms with E-state index in [1.807, 2.05) is 6.08 Å². The predicted octanol–water partition coefficient (Wildman–Crippen LogP) is 2.17. The second-order valence-electron chi connectivity index (χ2n) is 3.02. The lowest BCUT2D eigenvalue weighted by molar-refractivity contribution is 0.286. The van der Waals surface area contributed by atoms with Crippen molar-refractivity contribution in [3.05, 3.63) is 12.7 Å². The second kappa shape index (κ2) is 4.43. The molecular formula is C8H15NS2. The maximum atomic E-state index is 4.46. The summed E-state index contributed by atoms with van der Waals surface area (Å²) in [5.41, 5.74) is 0. The highest BCUT2D eigenvalue weighted by molar-refractivity contribution is 7.81. The first kappa shape index (κ1) is 9.49. The van der Waals surface area contributed by atoms with Crippen molar-refractivity contribution in [1.82, 2.24) is 4.31 Å². The highest BCUT2D eigenvalue weighted by Gasteiger charge is 2.23. The molecule has 0 spiro atoms. The van der Waals surface area contributed by atoms with Crippen LogP contribution >= 0.6 is 25.4 Å². The standard InChI is InChI=1S/C8H15NS2/c1-2-3-7-6-8(10)4-5-9(7)11/h2,7-8,10-11H,1,3-6H2. The summed E-state index contributed by atoms with van der Waals surface area (Å²) in [5, 5.41) is 0.559. The van der Waals surface area contributed by atoms with Crippen molar-refractivity contribution in [2.24, 2.45) is 0 Å². The molecule has 0 aromatic rings. The minimum Gasteiger partial charge on any atom is -0.250 e. The van der Waals surface area contributed by atoms with Gasteiger partial charge < -0.3 is 0 Å². The van der Waals surface area contributed by atoms with Gasteiger partial charge in [0.05, 0.1) is 0 Å². The van der Waals surface area contributed by atoms with Crippen LogP contribution in [-0.4, -0.2) is 22.1 Å². The zero-order valence-corrected chi connectivity index (χ0v) is 8.40. The Bertz CT molecular complexity index is 138. The van der Waals surface area contributed by atoms with Crippen LogP contribution in [0.25, 0.3) is 0 Å². The van der Waals surface area contributed by atoms with Gasteiger partial charge in [-0.15, -0.1) is 6.58 Å². The zero-order chi connectivity index (χ0) is 8.27. The fraction of sp³-hybridized carbons (Fsp3) is 0.750. The van der Waals surface area contributed by atoms with E-state index in [9.17, 15) is 0 Å². The molecule has 1 rings (SSSR count). The fourth-order valence-electron chi connectivity index (χ4n) is 1.43. The maximum Gasteiger partial charge on any atom is 0.0245 e. The van der Waals surface area contributed by atoms with Crippen LogP contribution in [0.4, 0.5) is 0 Å². The molecule has 11 heavy (non-hydrogen) atoms. The molecule has 0 aromatic carbocycles. The van der Waals surface area contributed by atoms with Crippen LogP contribution in [0.5, 0.6) is 0 Å². The van der Waals surface area contributed by atoms with Gasteiger partial charge in [0.15, 0.2) is 0 Å². The Morgan fingerprint density at radius 2 is 2.36 bits per heavy atom. The quantitative estimate of drug-likeness (QED) is 0.497. The SMILES string of the molecule is C=CCC1CC(S)CCN1S. The molecule has 0 aromatic heterocycles. The molecule has 1 nitrogen and oxygen atoms in total. The van der Waals surface area contributed by atoms with E-state index < -0.39 is 0 Å². The van der Waals surface area contributed by atoms with E-state index >= 15 is 0 Å². The number of nitrogens with zero attached hydrogens (tertiary/aromatic N) is 1. The molecule has 0 N–H and O–H groups in total. The summed E-state index contributed by atoms with van der Waals surface area (Å²) in [5.74, 6) is 0. The third-order valence-corrected chi connectivity index (χ3v) is 3.09. The van der Waals surface area contributed by atoms with Crippen LogP contribution in [-0.2, 0) is 0 Å². The van der Waals surface area contributed by atoms with Crippen LogP contribution in [0.15, 0.2) is 12.7 Å². The fourth-order valence-corrected chi connectivity index (χ4v) is 2.09. The van der Waals surface area contributed by atoms with E-state index in [2.05, 4.69) is 36.3 Å². The number of piperidine rings is 1. The highest BCUT2D eigenvalue weighted by Crippen LogP contribution is 2.24. The Labute approximate surface area is 79.8 Å². The molecule has 1 aliphatic rings. The van der Waals surface area contributed by atoms with Crippen molar-refractivity contribution in [2.75, 3.05) is 6.54 Å². The Hall–Kier alpha value is 0.400. The van der Waals surface area contributed by atoms with Crippen molar-refractivity contribution in [3.8, 4) is 0 Å². The van der Waals surface area contributed by atoms with Gasteiger partial charge in [-0.05, 0) is 19.3 Å². The lowest BCUT2D eigenvalue weighted by Gasteiger charge is -2.33. The van der Waals surface area contributed by atoms with Crippen LogP contribution in [0.2, 0.25) is 0 Å². The first-order valence-electron chi connectivity index (χ1n) is 3.98. The molecule has 0 bridgehead atoms. The molecular weight excluding hydrogens is 174 g/mol. The lowest BCUT2D eigenvalue weighted by atomic mass is 10.0. The molecule has 1 aliphatic heterocycles. The molecule has 0 aliphatic carbocycles. The summed E-state index contributed by atoms with van der Waals surface area (Å²) in [4.78, 5) is 0. The normalized spacial score (nSPS) is 33.6. The summed E-state index contributed by atoms with van der Waals surface area (Å²) < 4.78 is 2.11. The molecule has 0 saturated carbocycles. The minimum atomic E-state index is 0.548. The Balaban J connectivity index is 2.40. The largest absolute Gasteiger partial charge is 0.250 e. The maximum absolute atomic E-state index is 4.46. The molecule has 1 fully saturated rings. The molecule has 3 heteroatoms. The van der Waals surface area contributed by atoms with E-state index in [1.54, 1.807) is 0 Å². The average Bonchev–Trinajstić information content (AvgIpc) is 1.98. The molecule has 0 amide bonds. The van der Waals surface area contributed by atoms with Gasteiger partial charge in [-0.1, -0.05) is 18.9 Å².